The predicted octanol–water partition coefficient (Wildman–Crippen LogP) is 1.99. The number of aliphatic carboxylic acids is 1. The molecular formula is C14H18O4S. The monoisotopic (exact) mass is 282 g/mol. The number of carboxylic acids is 1. The smallest absolute Gasteiger partial charge is 0.307 e. The summed E-state index contributed by atoms with van der Waals surface area (Å²) in [4.78, 5) is 11.3. The van der Waals surface area contributed by atoms with Crippen molar-refractivity contribution in [2.75, 3.05) is 12.4 Å². The van der Waals surface area contributed by atoms with Crippen LogP contribution in [0.3, 0.4) is 0 Å². The van der Waals surface area contributed by atoms with Crippen molar-refractivity contribution in [3.63, 3.8) is 0 Å². The van der Waals surface area contributed by atoms with Gasteiger partial charge >= 0.3 is 5.97 Å². The molecule has 1 saturated heterocycles. The summed E-state index contributed by atoms with van der Waals surface area (Å²) < 4.78 is 17.6. The Balaban J connectivity index is 1.86. The average molecular weight is 282 g/mol. The third-order valence-electron chi connectivity index (χ3n) is 3.19. The minimum atomic E-state index is -1.03. The Bertz CT molecular complexity index is 449. The Labute approximate surface area is 115 Å². The standard InChI is InChI=1S/C14H18O4S/c15-14(16)10-11-3-5-13(6-4-11)19(17)9-7-12-2-1-8-18-12/h3-6,12H,1-2,7-10H2,(H,15,16). The average Bonchev–Trinajstić information content (AvgIpc) is 2.89. The van der Waals surface area contributed by atoms with Gasteiger partial charge in [-0.25, -0.2) is 0 Å². The van der Waals surface area contributed by atoms with Gasteiger partial charge in [-0.2, -0.15) is 0 Å². The number of ether oxygens (including phenoxy) is 1. The predicted molar refractivity (Wildman–Crippen MR) is 72.6 cm³/mol. The van der Waals surface area contributed by atoms with Gasteiger partial charge in [0.25, 0.3) is 0 Å². The van der Waals surface area contributed by atoms with E-state index in [9.17, 15) is 9.00 Å². The van der Waals surface area contributed by atoms with Gasteiger partial charge in [-0.1, -0.05) is 12.1 Å². The summed E-state index contributed by atoms with van der Waals surface area (Å²) >= 11 is 0. The summed E-state index contributed by atoms with van der Waals surface area (Å²) in [6.45, 7) is 0.821. The molecule has 1 N–H and O–H groups in total. The second-order valence-electron chi connectivity index (χ2n) is 4.69. The fourth-order valence-electron chi connectivity index (χ4n) is 2.16. The lowest BCUT2D eigenvalue weighted by atomic mass is 10.2. The number of carbonyl (C=O) groups is 1. The molecule has 2 rings (SSSR count). The lowest BCUT2D eigenvalue weighted by molar-refractivity contribution is -0.136. The highest BCUT2D eigenvalue weighted by Gasteiger charge is 2.16. The fraction of sp³-hybridized carbons (Fsp3) is 0.500. The maximum atomic E-state index is 12.1. The minimum Gasteiger partial charge on any atom is -0.481 e. The molecule has 1 aliphatic rings. The highest BCUT2D eigenvalue weighted by molar-refractivity contribution is 7.85. The molecule has 2 atom stereocenters. The number of carboxylic acid groups (broad SMARTS) is 1. The van der Waals surface area contributed by atoms with Crippen molar-refractivity contribution in [2.24, 2.45) is 0 Å². The van der Waals surface area contributed by atoms with Crippen LogP contribution >= 0.6 is 0 Å². The van der Waals surface area contributed by atoms with Crippen LogP contribution in [0.2, 0.25) is 0 Å². The summed E-state index contributed by atoms with van der Waals surface area (Å²) in [7, 11) is -1.03. The molecule has 1 heterocycles. The number of benzene rings is 1. The lowest BCUT2D eigenvalue weighted by Crippen LogP contribution is -2.10. The molecule has 1 fully saturated rings. The molecule has 0 radical (unpaired) electrons. The maximum absolute atomic E-state index is 12.1. The van der Waals surface area contributed by atoms with Crippen LogP contribution in [0.25, 0.3) is 0 Å². The van der Waals surface area contributed by atoms with E-state index in [1.807, 2.05) is 0 Å². The molecule has 5 heteroatoms. The Morgan fingerprint density at radius 2 is 2.11 bits per heavy atom. The van der Waals surface area contributed by atoms with Crippen LogP contribution in [0.15, 0.2) is 29.2 Å². The molecule has 1 aromatic rings. The number of hydrogen-bond donors (Lipinski definition) is 1. The first kappa shape index (κ1) is 14.2. The third kappa shape index (κ3) is 4.44. The largest absolute Gasteiger partial charge is 0.481 e. The molecule has 4 nitrogen and oxygen atoms in total. The van der Waals surface area contributed by atoms with E-state index in [1.54, 1.807) is 24.3 Å². The van der Waals surface area contributed by atoms with Gasteiger partial charge in [0.1, 0.15) is 0 Å². The Morgan fingerprint density at radius 1 is 1.37 bits per heavy atom. The molecule has 0 aromatic heterocycles. The van der Waals surface area contributed by atoms with Gasteiger partial charge in [0.2, 0.25) is 0 Å². The zero-order chi connectivity index (χ0) is 13.7. The van der Waals surface area contributed by atoms with Crippen LogP contribution in [0.5, 0.6) is 0 Å². The summed E-state index contributed by atoms with van der Waals surface area (Å²) in [6, 6.07) is 6.97. The van der Waals surface area contributed by atoms with Crippen molar-refractivity contribution in [3.05, 3.63) is 29.8 Å². The van der Waals surface area contributed by atoms with Crippen molar-refractivity contribution in [2.45, 2.75) is 36.7 Å². The first-order valence-electron chi connectivity index (χ1n) is 6.46. The van der Waals surface area contributed by atoms with E-state index < -0.39 is 16.8 Å². The van der Waals surface area contributed by atoms with Gasteiger partial charge in [-0.15, -0.1) is 0 Å². The van der Waals surface area contributed by atoms with E-state index in [4.69, 9.17) is 9.84 Å². The van der Waals surface area contributed by atoms with E-state index in [0.717, 1.165) is 36.3 Å². The van der Waals surface area contributed by atoms with Crippen molar-refractivity contribution < 1.29 is 18.8 Å². The maximum Gasteiger partial charge on any atom is 0.307 e. The molecule has 1 aliphatic heterocycles. The molecule has 19 heavy (non-hydrogen) atoms. The number of hydrogen-bond acceptors (Lipinski definition) is 3. The molecule has 0 spiro atoms. The summed E-state index contributed by atoms with van der Waals surface area (Å²) in [5.74, 6) is -0.254. The van der Waals surface area contributed by atoms with Crippen molar-refractivity contribution >= 4 is 16.8 Å². The molecule has 0 amide bonds. The van der Waals surface area contributed by atoms with Gasteiger partial charge in [-0.05, 0) is 37.0 Å². The Hall–Kier alpha value is -1.20. The summed E-state index contributed by atoms with van der Waals surface area (Å²) in [6.07, 6.45) is 3.25. The van der Waals surface area contributed by atoms with Crippen LogP contribution < -0.4 is 0 Å². The topological polar surface area (TPSA) is 63.6 Å². The minimum absolute atomic E-state index is 0.00281. The van der Waals surface area contributed by atoms with Crippen LogP contribution in [0, 0.1) is 0 Å². The first-order chi connectivity index (χ1) is 9.15. The van der Waals surface area contributed by atoms with Gasteiger partial charge in [-0.3, -0.25) is 9.00 Å². The normalized spacial score (nSPS) is 20.3. The molecule has 2 unspecified atom stereocenters. The first-order valence-corrected chi connectivity index (χ1v) is 7.78. The second kappa shape index (κ2) is 6.82. The van der Waals surface area contributed by atoms with Gasteiger partial charge in [0.05, 0.1) is 23.3 Å². The van der Waals surface area contributed by atoms with E-state index in [0.29, 0.717) is 5.75 Å². The van der Waals surface area contributed by atoms with Gasteiger partial charge in [0, 0.05) is 17.3 Å². The molecule has 1 aromatic carbocycles. The quantitative estimate of drug-likeness (QED) is 0.866. The highest BCUT2D eigenvalue weighted by Crippen LogP contribution is 2.17. The van der Waals surface area contributed by atoms with E-state index >= 15 is 0 Å². The SMILES string of the molecule is O=C(O)Cc1ccc(S(=O)CCC2CCCO2)cc1. The fourth-order valence-corrected chi connectivity index (χ4v) is 3.31. The van der Waals surface area contributed by atoms with Crippen molar-refractivity contribution in [1.29, 1.82) is 0 Å². The summed E-state index contributed by atoms with van der Waals surface area (Å²) in [5.41, 5.74) is 0.729. The zero-order valence-electron chi connectivity index (χ0n) is 10.7. The van der Waals surface area contributed by atoms with Crippen LogP contribution in [-0.4, -0.2) is 33.7 Å². The van der Waals surface area contributed by atoms with Crippen LogP contribution in [-0.2, 0) is 26.8 Å². The molecule has 104 valence electrons. The van der Waals surface area contributed by atoms with Gasteiger partial charge < -0.3 is 9.84 Å². The molecule has 0 aliphatic carbocycles. The van der Waals surface area contributed by atoms with Gasteiger partial charge in [0.15, 0.2) is 0 Å². The van der Waals surface area contributed by atoms with E-state index in [-0.39, 0.29) is 12.5 Å². The highest BCUT2D eigenvalue weighted by atomic mass is 32.2. The molecule has 0 saturated carbocycles. The van der Waals surface area contributed by atoms with Crippen molar-refractivity contribution in [1.82, 2.24) is 0 Å². The Kier molecular flexibility index (Phi) is 5.10. The number of rotatable bonds is 6. The Morgan fingerprint density at radius 3 is 2.68 bits per heavy atom. The molecule has 0 bridgehead atoms. The summed E-state index contributed by atoms with van der Waals surface area (Å²) in [5, 5.41) is 8.68. The zero-order valence-corrected chi connectivity index (χ0v) is 11.5. The second-order valence-corrected chi connectivity index (χ2v) is 6.26. The van der Waals surface area contributed by atoms with Crippen molar-refractivity contribution in [3.8, 4) is 0 Å². The van der Waals surface area contributed by atoms with E-state index in [2.05, 4.69) is 0 Å². The van der Waals surface area contributed by atoms with E-state index in [1.165, 1.54) is 0 Å². The lowest BCUT2D eigenvalue weighted by Gasteiger charge is -2.08. The van der Waals surface area contributed by atoms with Crippen LogP contribution in [0.4, 0.5) is 0 Å². The van der Waals surface area contributed by atoms with Crippen LogP contribution in [0.1, 0.15) is 24.8 Å². The molecular weight excluding hydrogens is 264 g/mol. The third-order valence-corrected chi connectivity index (χ3v) is 4.60.